The standard InChI is InChI=1S/C15H16O3/c1-7-10(16)6-8-5-9-11(17)13(2,3)12-15(9,18-12)14(7,8)4/h5-7,12H,1-4H3/t7-,12-,14+,15+/m0/s1. The predicted molar refractivity (Wildman–Crippen MR) is 64.8 cm³/mol. The number of allylic oxidation sites excluding steroid dienone is 2. The molecule has 18 heavy (non-hydrogen) atoms. The molecular formula is C15H16O3. The van der Waals surface area contributed by atoms with Crippen molar-refractivity contribution in [3.63, 3.8) is 0 Å². The molecule has 3 heteroatoms. The molecule has 1 saturated heterocycles. The molecule has 0 amide bonds. The van der Waals surface area contributed by atoms with Gasteiger partial charge >= 0.3 is 0 Å². The maximum Gasteiger partial charge on any atom is 0.170 e. The molecule has 2 fully saturated rings. The number of ketones is 2. The van der Waals surface area contributed by atoms with Crippen LogP contribution in [0.2, 0.25) is 0 Å². The van der Waals surface area contributed by atoms with Gasteiger partial charge in [-0.25, -0.2) is 0 Å². The number of carbonyl (C=O) groups is 2. The molecule has 1 heterocycles. The van der Waals surface area contributed by atoms with Gasteiger partial charge in [0, 0.05) is 16.9 Å². The molecular weight excluding hydrogens is 228 g/mol. The van der Waals surface area contributed by atoms with Gasteiger partial charge in [0.05, 0.1) is 5.41 Å². The van der Waals surface area contributed by atoms with E-state index in [0.29, 0.717) is 0 Å². The van der Waals surface area contributed by atoms with Crippen molar-refractivity contribution in [3.05, 3.63) is 23.3 Å². The van der Waals surface area contributed by atoms with Crippen LogP contribution in [0.25, 0.3) is 0 Å². The smallest absolute Gasteiger partial charge is 0.170 e. The van der Waals surface area contributed by atoms with E-state index in [2.05, 4.69) is 6.92 Å². The Bertz CT molecular complexity index is 595. The van der Waals surface area contributed by atoms with Crippen LogP contribution in [0.5, 0.6) is 0 Å². The third kappa shape index (κ3) is 0.712. The van der Waals surface area contributed by atoms with Crippen LogP contribution in [0.1, 0.15) is 27.7 Å². The van der Waals surface area contributed by atoms with E-state index in [4.69, 9.17) is 4.74 Å². The number of ether oxygens (including phenoxy) is 1. The summed E-state index contributed by atoms with van der Waals surface area (Å²) in [5.74, 6) is 0.242. The molecule has 3 nitrogen and oxygen atoms in total. The number of rotatable bonds is 0. The van der Waals surface area contributed by atoms with E-state index < -0.39 is 11.0 Å². The van der Waals surface area contributed by atoms with E-state index in [1.165, 1.54) is 0 Å². The van der Waals surface area contributed by atoms with Gasteiger partial charge in [-0.1, -0.05) is 13.8 Å². The number of hydrogen-bond donors (Lipinski definition) is 0. The van der Waals surface area contributed by atoms with Crippen molar-refractivity contribution in [2.75, 3.05) is 0 Å². The SMILES string of the molecule is C[C@H]1C(=O)C=C2C=C3C(=O)C(C)(C)[C@@H]4O[C@]34[C@@]21C. The number of Topliss-reactive ketones (excluding diaryl/α,β-unsaturated/α-hetero) is 1. The Labute approximate surface area is 106 Å². The van der Waals surface area contributed by atoms with Gasteiger partial charge in [0.1, 0.15) is 11.7 Å². The molecule has 4 rings (SSSR count). The molecule has 1 saturated carbocycles. The Balaban J connectivity index is 1.98. The average Bonchev–Trinajstić information content (AvgIpc) is 2.93. The number of fused-ring (bicyclic) bond motifs is 1. The number of hydrogen-bond acceptors (Lipinski definition) is 3. The summed E-state index contributed by atoms with van der Waals surface area (Å²) < 4.78 is 6.00. The zero-order valence-corrected chi connectivity index (χ0v) is 11.0. The van der Waals surface area contributed by atoms with Crippen molar-refractivity contribution < 1.29 is 14.3 Å². The minimum absolute atomic E-state index is 0.0620. The third-order valence-corrected chi connectivity index (χ3v) is 5.76. The summed E-state index contributed by atoms with van der Waals surface area (Å²) >= 11 is 0. The molecule has 0 N–H and O–H groups in total. The molecule has 0 aromatic rings. The van der Waals surface area contributed by atoms with Crippen molar-refractivity contribution >= 4 is 11.6 Å². The van der Waals surface area contributed by atoms with Crippen LogP contribution in [-0.4, -0.2) is 23.3 Å². The average molecular weight is 244 g/mol. The Morgan fingerprint density at radius 3 is 2.50 bits per heavy atom. The molecule has 0 bridgehead atoms. The zero-order valence-electron chi connectivity index (χ0n) is 11.0. The fourth-order valence-electron chi connectivity index (χ4n) is 4.34. The minimum Gasteiger partial charge on any atom is -0.359 e. The second kappa shape index (κ2) is 2.42. The predicted octanol–water partition coefficient (Wildman–Crippen LogP) is 1.82. The lowest BCUT2D eigenvalue weighted by Crippen LogP contribution is -2.40. The van der Waals surface area contributed by atoms with Crippen molar-refractivity contribution in [3.8, 4) is 0 Å². The second-order valence-corrected chi connectivity index (χ2v) is 6.77. The molecule has 94 valence electrons. The van der Waals surface area contributed by atoms with Gasteiger partial charge < -0.3 is 4.74 Å². The first kappa shape index (κ1) is 10.7. The van der Waals surface area contributed by atoms with Crippen molar-refractivity contribution in [2.24, 2.45) is 16.7 Å². The first-order valence-electron chi connectivity index (χ1n) is 6.48. The first-order chi connectivity index (χ1) is 8.28. The van der Waals surface area contributed by atoms with E-state index in [1.54, 1.807) is 6.08 Å². The van der Waals surface area contributed by atoms with Crippen LogP contribution < -0.4 is 0 Å². The second-order valence-electron chi connectivity index (χ2n) is 6.77. The van der Waals surface area contributed by atoms with Gasteiger partial charge in [0.15, 0.2) is 11.6 Å². The van der Waals surface area contributed by atoms with Crippen molar-refractivity contribution in [1.29, 1.82) is 0 Å². The van der Waals surface area contributed by atoms with E-state index in [-0.39, 0.29) is 29.0 Å². The topological polar surface area (TPSA) is 46.7 Å². The fraction of sp³-hybridized carbons (Fsp3) is 0.600. The van der Waals surface area contributed by atoms with Crippen LogP contribution in [0.15, 0.2) is 23.3 Å². The summed E-state index contributed by atoms with van der Waals surface area (Å²) in [4.78, 5) is 24.4. The Morgan fingerprint density at radius 1 is 1.17 bits per heavy atom. The number of carbonyl (C=O) groups excluding carboxylic acids is 2. The summed E-state index contributed by atoms with van der Waals surface area (Å²) in [7, 11) is 0. The highest BCUT2D eigenvalue weighted by Gasteiger charge is 2.84. The van der Waals surface area contributed by atoms with Gasteiger partial charge in [0.25, 0.3) is 0 Å². The number of epoxide rings is 1. The molecule has 0 aromatic heterocycles. The highest BCUT2D eigenvalue weighted by molar-refractivity contribution is 6.11. The van der Waals surface area contributed by atoms with Gasteiger partial charge in [0.2, 0.25) is 0 Å². The quantitative estimate of drug-likeness (QED) is 0.611. The molecule has 1 aliphatic heterocycles. The van der Waals surface area contributed by atoms with Gasteiger partial charge in [-0.05, 0) is 31.6 Å². The van der Waals surface area contributed by atoms with Crippen LogP contribution in [0.4, 0.5) is 0 Å². The third-order valence-electron chi connectivity index (χ3n) is 5.76. The highest BCUT2D eigenvalue weighted by Crippen LogP contribution is 2.75. The highest BCUT2D eigenvalue weighted by atomic mass is 16.6. The fourth-order valence-corrected chi connectivity index (χ4v) is 4.34. The lowest BCUT2D eigenvalue weighted by Gasteiger charge is -2.32. The Hall–Kier alpha value is -1.22. The summed E-state index contributed by atoms with van der Waals surface area (Å²) in [5.41, 5.74) is 0.483. The van der Waals surface area contributed by atoms with E-state index in [1.807, 2.05) is 26.8 Å². The normalized spacial score (nSPS) is 50.7. The van der Waals surface area contributed by atoms with Crippen LogP contribution in [-0.2, 0) is 14.3 Å². The maximum absolute atomic E-state index is 12.4. The largest absolute Gasteiger partial charge is 0.359 e. The lowest BCUT2D eigenvalue weighted by atomic mass is 9.67. The van der Waals surface area contributed by atoms with E-state index >= 15 is 0 Å². The summed E-state index contributed by atoms with van der Waals surface area (Å²) in [5, 5.41) is 0. The summed E-state index contributed by atoms with van der Waals surface area (Å²) in [6.07, 6.45) is 3.55. The Morgan fingerprint density at radius 2 is 1.83 bits per heavy atom. The molecule has 0 unspecified atom stereocenters. The van der Waals surface area contributed by atoms with E-state index in [9.17, 15) is 9.59 Å². The molecule has 4 atom stereocenters. The van der Waals surface area contributed by atoms with Gasteiger partial charge in [-0.3, -0.25) is 9.59 Å². The van der Waals surface area contributed by atoms with Gasteiger partial charge in [-0.2, -0.15) is 0 Å². The Kier molecular flexibility index (Phi) is 1.43. The van der Waals surface area contributed by atoms with Crippen LogP contribution >= 0.6 is 0 Å². The maximum atomic E-state index is 12.4. The molecule has 4 aliphatic rings. The molecule has 1 spiro atoms. The summed E-state index contributed by atoms with van der Waals surface area (Å²) in [6.45, 7) is 7.92. The monoisotopic (exact) mass is 244 g/mol. The zero-order chi connectivity index (χ0) is 13.1. The lowest BCUT2D eigenvalue weighted by molar-refractivity contribution is -0.125. The van der Waals surface area contributed by atoms with Crippen LogP contribution in [0.3, 0.4) is 0 Å². The van der Waals surface area contributed by atoms with Gasteiger partial charge in [-0.15, -0.1) is 0 Å². The summed E-state index contributed by atoms with van der Waals surface area (Å²) in [6, 6.07) is 0. The molecule has 0 aromatic carbocycles. The van der Waals surface area contributed by atoms with Crippen LogP contribution in [0, 0.1) is 16.7 Å². The first-order valence-corrected chi connectivity index (χ1v) is 6.48. The van der Waals surface area contributed by atoms with E-state index in [0.717, 1.165) is 11.1 Å². The van der Waals surface area contributed by atoms with Crippen molar-refractivity contribution in [1.82, 2.24) is 0 Å². The van der Waals surface area contributed by atoms with Crippen molar-refractivity contribution in [2.45, 2.75) is 39.4 Å². The minimum atomic E-state index is -0.509. The molecule has 0 radical (unpaired) electrons. The molecule has 3 aliphatic carbocycles.